The Bertz CT molecular complexity index is 4920. The number of nitrogens with zero attached hydrogens (tertiary/aromatic N) is 6. The number of hydrogen-bond acceptors (Lipinski definition) is 5. The van der Waals surface area contributed by atoms with Crippen LogP contribution in [0.2, 0.25) is 0 Å². The molecule has 4 aromatic heterocycles. The van der Waals surface area contributed by atoms with Crippen molar-refractivity contribution in [1.82, 2.24) is 19.1 Å². The standard InChI is InChI=1S/C83H83BN6O/c1-78(2,3)50-29-37-67-59(41-50)58-40-49(48-85)28-36-66(58)88(67)54-32-34-62-70(46-54)90(77-56(64-24-20-26-74(86-64)82(13,14)15)22-19-23-57(77)65-25-21-27-75(87-65)83(16,17)18)71-44-53(81(10,11)12)45-73-76(71)84(62)63-35-33-55(47-72(63)91-73)89-68-38-30-51(79(4,5)6)42-60(68)61-43-52(80(7,8)9)31-39-69(61)89/h19-47H,1-18H3. The maximum absolute atomic E-state index is 10.4. The molecule has 2 aliphatic heterocycles. The number of rotatable bonds is 5. The van der Waals surface area contributed by atoms with Gasteiger partial charge in [0.15, 0.2) is 0 Å². The Balaban J connectivity index is 1.09. The quantitative estimate of drug-likeness (QED) is 0.161. The Labute approximate surface area is 538 Å². The van der Waals surface area contributed by atoms with Gasteiger partial charge < -0.3 is 18.8 Å². The van der Waals surface area contributed by atoms with E-state index in [1.54, 1.807) is 0 Å². The van der Waals surface area contributed by atoms with E-state index < -0.39 is 0 Å². The molecule has 0 radical (unpaired) electrons. The summed E-state index contributed by atoms with van der Waals surface area (Å²) >= 11 is 0. The minimum Gasteiger partial charge on any atom is -0.458 e. The highest BCUT2D eigenvalue weighted by Crippen LogP contribution is 2.51. The number of fused-ring (bicyclic) bond motifs is 10. The van der Waals surface area contributed by atoms with E-state index in [4.69, 9.17) is 14.7 Å². The topological polar surface area (TPSA) is 71.9 Å². The average Bonchev–Trinajstić information content (AvgIpc) is 1.71. The summed E-state index contributed by atoms with van der Waals surface area (Å²) in [6, 6.07) is 68.1. The van der Waals surface area contributed by atoms with Gasteiger partial charge in [-0.15, -0.1) is 0 Å². The van der Waals surface area contributed by atoms with E-state index in [-0.39, 0.29) is 39.2 Å². The minimum absolute atomic E-state index is 0.0253. The summed E-state index contributed by atoms with van der Waals surface area (Å²) in [5, 5.41) is 15.0. The summed E-state index contributed by atoms with van der Waals surface area (Å²) in [6.45, 7) is 40.7. The number of nitriles is 1. The fourth-order valence-corrected chi connectivity index (χ4v) is 13.9. The summed E-state index contributed by atoms with van der Waals surface area (Å²) in [4.78, 5) is 13.7. The summed E-state index contributed by atoms with van der Waals surface area (Å²) < 4.78 is 12.5. The van der Waals surface area contributed by atoms with Gasteiger partial charge in [-0.1, -0.05) is 185 Å². The molecule has 8 aromatic carbocycles. The first kappa shape index (κ1) is 59.4. The van der Waals surface area contributed by atoms with Crippen molar-refractivity contribution in [3.05, 3.63) is 215 Å². The molecule has 0 amide bonds. The largest absolute Gasteiger partial charge is 0.458 e. The van der Waals surface area contributed by atoms with Crippen LogP contribution >= 0.6 is 0 Å². The van der Waals surface area contributed by atoms with Crippen LogP contribution in [-0.4, -0.2) is 25.8 Å². The number of anilines is 3. The zero-order valence-corrected chi connectivity index (χ0v) is 56.4. The highest BCUT2D eigenvalue weighted by Gasteiger charge is 2.44. The van der Waals surface area contributed by atoms with E-state index in [0.717, 1.165) is 129 Å². The zero-order valence-electron chi connectivity index (χ0n) is 56.4. The monoisotopic (exact) mass is 1190 g/mol. The van der Waals surface area contributed by atoms with Crippen LogP contribution in [0.25, 0.3) is 77.5 Å². The Kier molecular flexibility index (Phi) is 13.3. The van der Waals surface area contributed by atoms with Gasteiger partial charge in [0.25, 0.3) is 6.71 Å². The van der Waals surface area contributed by atoms with Gasteiger partial charge in [0, 0.05) is 83.7 Å². The van der Waals surface area contributed by atoms with Crippen LogP contribution in [0, 0.1) is 11.3 Å². The van der Waals surface area contributed by atoms with Crippen molar-refractivity contribution in [2.75, 3.05) is 4.90 Å². The lowest BCUT2D eigenvalue weighted by Crippen LogP contribution is -2.59. The van der Waals surface area contributed by atoms with Crippen molar-refractivity contribution < 1.29 is 4.74 Å². The second-order valence-electron chi connectivity index (χ2n) is 32.0. The third-order valence-electron chi connectivity index (χ3n) is 19.2. The Morgan fingerprint density at radius 3 is 1.29 bits per heavy atom. The van der Waals surface area contributed by atoms with Gasteiger partial charge >= 0.3 is 0 Å². The molecule has 7 nitrogen and oxygen atoms in total. The van der Waals surface area contributed by atoms with Crippen LogP contribution in [0.5, 0.6) is 11.5 Å². The molecule has 8 heteroatoms. The lowest BCUT2D eigenvalue weighted by molar-refractivity contribution is 0.483. The van der Waals surface area contributed by atoms with Crippen LogP contribution in [0.3, 0.4) is 0 Å². The first-order chi connectivity index (χ1) is 42.8. The molecule has 0 spiro atoms. The number of benzene rings is 8. The van der Waals surface area contributed by atoms with Gasteiger partial charge in [-0.25, -0.2) is 0 Å². The lowest BCUT2D eigenvalue weighted by atomic mass is 9.34. The Hall–Kier alpha value is -9.19. The third-order valence-corrected chi connectivity index (χ3v) is 19.2. The number of hydrogen-bond donors (Lipinski definition) is 0. The van der Waals surface area contributed by atoms with E-state index >= 15 is 0 Å². The fraction of sp³-hybridized carbons (Fsp3) is 0.289. The molecule has 14 rings (SSSR count). The van der Waals surface area contributed by atoms with Crippen LogP contribution in [0.4, 0.5) is 17.1 Å². The van der Waals surface area contributed by atoms with Crippen LogP contribution in [0.15, 0.2) is 176 Å². The third kappa shape index (κ3) is 9.93. The maximum atomic E-state index is 10.4. The Morgan fingerprint density at radius 1 is 0.385 bits per heavy atom. The van der Waals surface area contributed by atoms with E-state index in [2.05, 4.69) is 315 Å². The van der Waals surface area contributed by atoms with Crippen molar-refractivity contribution in [3.63, 3.8) is 0 Å². The maximum Gasteiger partial charge on any atom is 0.256 e. The molecule has 0 unspecified atom stereocenters. The summed E-state index contributed by atoms with van der Waals surface area (Å²) in [6.07, 6.45) is 0. The molecule has 0 bridgehead atoms. The Morgan fingerprint density at radius 2 is 0.824 bits per heavy atom. The first-order valence-corrected chi connectivity index (χ1v) is 32.5. The number of para-hydroxylation sites is 1. The van der Waals surface area contributed by atoms with Crippen LogP contribution < -0.4 is 26.0 Å². The van der Waals surface area contributed by atoms with Gasteiger partial charge in [0.05, 0.1) is 50.8 Å². The summed E-state index contributed by atoms with van der Waals surface area (Å²) in [5.41, 5.74) is 23.5. The number of aromatic nitrogens is 4. The normalized spacial score (nSPS) is 13.6. The lowest BCUT2D eigenvalue weighted by Gasteiger charge is -2.42. The van der Waals surface area contributed by atoms with E-state index in [0.29, 0.717) is 5.56 Å². The molecule has 0 fully saturated rings. The second-order valence-corrected chi connectivity index (χ2v) is 32.0. The molecule has 0 aliphatic carbocycles. The van der Waals surface area contributed by atoms with Gasteiger partial charge in [0.2, 0.25) is 0 Å². The molecule has 12 aromatic rings. The molecule has 91 heavy (non-hydrogen) atoms. The van der Waals surface area contributed by atoms with Crippen molar-refractivity contribution in [2.45, 2.75) is 157 Å². The first-order valence-electron chi connectivity index (χ1n) is 32.5. The van der Waals surface area contributed by atoms with Gasteiger partial charge in [-0.3, -0.25) is 9.97 Å². The molecule has 0 saturated heterocycles. The average molecular weight is 1190 g/mol. The molecule has 2 aliphatic rings. The second kappa shape index (κ2) is 20.4. The molecule has 0 atom stereocenters. The summed E-state index contributed by atoms with van der Waals surface area (Å²) in [5.74, 6) is 1.68. The molecular weight excluding hydrogens is 1110 g/mol. The van der Waals surface area contributed by atoms with E-state index in [9.17, 15) is 5.26 Å². The van der Waals surface area contributed by atoms with Crippen molar-refractivity contribution in [3.8, 4) is 51.5 Å². The minimum atomic E-state index is -0.286. The van der Waals surface area contributed by atoms with Crippen LogP contribution in [0.1, 0.15) is 164 Å². The van der Waals surface area contributed by atoms with E-state index in [1.807, 2.05) is 6.07 Å². The molecule has 0 saturated carbocycles. The van der Waals surface area contributed by atoms with Crippen molar-refractivity contribution >= 4 is 83.8 Å². The van der Waals surface area contributed by atoms with Gasteiger partial charge in [-0.2, -0.15) is 5.26 Å². The number of ether oxygens (including phenoxy) is 1. The molecule has 454 valence electrons. The summed E-state index contributed by atoms with van der Waals surface area (Å²) in [7, 11) is 0. The SMILES string of the molecule is CC(C)(C)c1cc2c3c(c1)N(c1c(-c4cccc(C(C)(C)C)n4)cccc1-c1cccc(C(C)(C)C)n1)c1cc(-n4c5ccc(C#N)cc5c5cc(C(C)(C)C)ccc54)ccc1B3c1ccc(-n3c4ccc(C(C)(C)C)cc4c4cc(C(C)(C)C)ccc43)cc1O2. The molecular formula is C83H83BN6O. The van der Waals surface area contributed by atoms with Gasteiger partial charge in [0.1, 0.15) is 11.5 Å². The van der Waals surface area contributed by atoms with Gasteiger partial charge in [-0.05, 0) is 169 Å². The fourth-order valence-electron chi connectivity index (χ4n) is 13.9. The zero-order chi connectivity index (χ0) is 64.4. The highest BCUT2D eigenvalue weighted by molar-refractivity contribution is 6.99. The predicted molar refractivity (Wildman–Crippen MR) is 384 cm³/mol. The predicted octanol–water partition coefficient (Wildman–Crippen LogP) is 20.1. The smallest absolute Gasteiger partial charge is 0.256 e. The molecule has 0 N–H and O–H groups in total. The van der Waals surface area contributed by atoms with Crippen LogP contribution in [-0.2, 0) is 32.5 Å². The number of pyridine rings is 2. The molecule has 6 heterocycles. The van der Waals surface area contributed by atoms with E-state index in [1.165, 1.54) is 27.5 Å². The van der Waals surface area contributed by atoms with Crippen molar-refractivity contribution in [1.29, 1.82) is 5.26 Å². The van der Waals surface area contributed by atoms with Crippen molar-refractivity contribution in [2.24, 2.45) is 0 Å². The highest BCUT2D eigenvalue weighted by atomic mass is 16.5.